The van der Waals surface area contributed by atoms with E-state index in [0.717, 1.165) is 30.2 Å². The van der Waals surface area contributed by atoms with Crippen LogP contribution in [-0.2, 0) is 4.79 Å². The maximum absolute atomic E-state index is 12.0. The van der Waals surface area contributed by atoms with Crippen molar-refractivity contribution >= 4 is 39.1 Å². The van der Waals surface area contributed by atoms with Crippen LogP contribution in [0.3, 0.4) is 0 Å². The molecule has 0 saturated heterocycles. The molecule has 0 spiro atoms. The fourth-order valence-corrected chi connectivity index (χ4v) is 2.74. The Kier molecular flexibility index (Phi) is 8.19. The van der Waals surface area contributed by atoms with Gasteiger partial charge in [0.1, 0.15) is 0 Å². The van der Waals surface area contributed by atoms with E-state index in [-0.39, 0.29) is 5.91 Å². The highest BCUT2D eigenvalue weighted by Crippen LogP contribution is 2.26. The van der Waals surface area contributed by atoms with E-state index < -0.39 is 0 Å². The molecule has 112 valence electrons. The van der Waals surface area contributed by atoms with Crippen molar-refractivity contribution in [3.8, 4) is 0 Å². The first-order valence-corrected chi connectivity index (χ1v) is 8.18. The number of nitrogens with one attached hydrogen (secondary N) is 1. The fourth-order valence-electron chi connectivity index (χ4n) is 2.22. The van der Waals surface area contributed by atoms with E-state index in [9.17, 15) is 4.79 Å². The average molecular weight is 362 g/mol. The molecule has 1 aromatic carbocycles. The van der Waals surface area contributed by atoms with E-state index in [0.29, 0.717) is 29.6 Å². The number of carbonyl (C=O) groups is 1. The Balaban J connectivity index is 2.48. The van der Waals surface area contributed by atoms with E-state index >= 15 is 0 Å². The van der Waals surface area contributed by atoms with E-state index in [1.165, 1.54) is 0 Å². The number of hydrogen-bond donors (Lipinski definition) is 2. The molecule has 1 atom stereocenters. The molecular weight excluding hydrogens is 340 g/mol. The van der Waals surface area contributed by atoms with E-state index in [1.54, 1.807) is 6.07 Å². The van der Waals surface area contributed by atoms with Gasteiger partial charge < -0.3 is 11.1 Å². The van der Waals surface area contributed by atoms with Gasteiger partial charge in [0.2, 0.25) is 5.91 Å². The van der Waals surface area contributed by atoms with Gasteiger partial charge in [-0.2, -0.15) is 0 Å². The molecule has 0 saturated carbocycles. The number of carbonyl (C=O) groups excluding carboxylic acids is 1. The van der Waals surface area contributed by atoms with Gasteiger partial charge in [0.25, 0.3) is 0 Å². The van der Waals surface area contributed by atoms with Crippen molar-refractivity contribution in [2.45, 2.75) is 39.0 Å². The number of halogens is 2. The highest BCUT2D eigenvalue weighted by atomic mass is 79.9. The lowest BCUT2D eigenvalue weighted by Crippen LogP contribution is -2.15. The molecule has 5 heteroatoms. The Hall–Kier alpha value is -0.580. The Morgan fingerprint density at radius 3 is 2.80 bits per heavy atom. The van der Waals surface area contributed by atoms with Gasteiger partial charge in [-0.25, -0.2) is 0 Å². The molecule has 1 amide bonds. The van der Waals surface area contributed by atoms with Crippen molar-refractivity contribution < 1.29 is 4.79 Å². The molecule has 0 aliphatic heterocycles. The predicted molar refractivity (Wildman–Crippen MR) is 89.1 cm³/mol. The minimum Gasteiger partial charge on any atom is -0.330 e. The zero-order valence-electron chi connectivity index (χ0n) is 11.8. The highest BCUT2D eigenvalue weighted by Gasteiger charge is 2.11. The van der Waals surface area contributed by atoms with Crippen LogP contribution in [0.2, 0.25) is 5.02 Å². The Morgan fingerprint density at radius 1 is 1.40 bits per heavy atom. The summed E-state index contributed by atoms with van der Waals surface area (Å²) in [6.07, 6.45) is 4.63. The quantitative estimate of drug-likeness (QED) is 0.711. The van der Waals surface area contributed by atoms with Crippen LogP contribution in [-0.4, -0.2) is 12.5 Å². The number of anilines is 1. The Bertz CT molecular complexity index is 434. The first kappa shape index (κ1) is 17.5. The molecule has 0 fully saturated rings. The molecule has 0 heterocycles. The minimum absolute atomic E-state index is 0.00289. The SMILES string of the molecule is CCCC(CCN)CCC(=O)Nc1cc(Br)ccc1Cl. The van der Waals surface area contributed by atoms with E-state index in [2.05, 4.69) is 28.2 Å². The summed E-state index contributed by atoms with van der Waals surface area (Å²) in [6, 6.07) is 5.41. The number of nitrogens with two attached hydrogens (primary N) is 1. The van der Waals surface area contributed by atoms with Gasteiger partial charge in [0, 0.05) is 10.9 Å². The zero-order chi connectivity index (χ0) is 15.0. The number of rotatable bonds is 8. The summed E-state index contributed by atoms with van der Waals surface area (Å²) in [5, 5.41) is 3.41. The predicted octanol–water partition coefficient (Wildman–Crippen LogP) is 4.59. The maximum atomic E-state index is 12.0. The van der Waals surface area contributed by atoms with Crippen LogP contribution in [0, 0.1) is 5.92 Å². The summed E-state index contributed by atoms with van der Waals surface area (Å²) >= 11 is 9.42. The van der Waals surface area contributed by atoms with Crippen molar-refractivity contribution in [1.29, 1.82) is 0 Å². The van der Waals surface area contributed by atoms with Crippen molar-refractivity contribution in [1.82, 2.24) is 0 Å². The zero-order valence-corrected chi connectivity index (χ0v) is 14.1. The molecule has 0 bridgehead atoms. The van der Waals surface area contributed by atoms with E-state index in [1.807, 2.05) is 12.1 Å². The molecule has 1 unspecified atom stereocenters. The largest absolute Gasteiger partial charge is 0.330 e. The number of amides is 1. The van der Waals surface area contributed by atoms with Crippen LogP contribution < -0.4 is 11.1 Å². The summed E-state index contributed by atoms with van der Waals surface area (Å²) < 4.78 is 0.893. The van der Waals surface area contributed by atoms with Crippen LogP contribution >= 0.6 is 27.5 Å². The monoisotopic (exact) mass is 360 g/mol. The number of hydrogen-bond acceptors (Lipinski definition) is 2. The average Bonchev–Trinajstić information content (AvgIpc) is 2.41. The molecule has 0 aliphatic rings. The van der Waals surface area contributed by atoms with Gasteiger partial charge >= 0.3 is 0 Å². The summed E-state index contributed by atoms with van der Waals surface area (Å²) in [4.78, 5) is 12.0. The lowest BCUT2D eigenvalue weighted by Gasteiger charge is -2.15. The summed E-state index contributed by atoms with van der Waals surface area (Å²) in [5.74, 6) is 0.539. The first-order valence-electron chi connectivity index (χ1n) is 7.01. The molecule has 0 radical (unpaired) electrons. The second-order valence-electron chi connectivity index (χ2n) is 4.94. The van der Waals surface area contributed by atoms with Gasteiger partial charge in [0.15, 0.2) is 0 Å². The molecule has 3 nitrogen and oxygen atoms in total. The normalized spacial score (nSPS) is 12.2. The second-order valence-corrected chi connectivity index (χ2v) is 6.27. The maximum Gasteiger partial charge on any atom is 0.224 e. The lowest BCUT2D eigenvalue weighted by molar-refractivity contribution is -0.116. The van der Waals surface area contributed by atoms with Gasteiger partial charge in [-0.1, -0.05) is 47.3 Å². The third kappa shape index (κ3) is 6.25. The standard InChI is InChI=1S/C15H22BrClN2O/c1-2-3-11(8-9-18)4-7-15(20)19-14-10-12(16)5-6-13(14)17/h5-6,10-11H,2-4,7-9,18H2,1H3,(H,19,20). The lowest BCUT2D eigenvalue weighted by atomic mass is 9.94. The van der Waals surface area contributed by atoms with Crippen molar-refractivity contribution in [2.24, 2.45) is 11.7 Å². The molecule has 1 rings (SSSR count). The highest BCUT2D eigenvalue weighted by molar-refractivity contribution is 9.10. The van der Waals surface area contributed by atoms with Crippen LogP contribution in [0.5, 0.6) is 0 Å². The van der Waals surface area contributed by atoms with Gasteiger partial charge in [-0.15, -0.1) is 0 Å². The topological polar surface area (TPSA) is 55.1 Å². The molecule has 3 N–H and O–H groups in total. The van der Waals surface area contributed by atoms with Gasteiger partial charge in [-0.3, -0.25) is 4.79 Å². The van der Waals surface area contributed by atoms with Crippen LogP contribution in [0.1, 0.15) is 39.0 Å². The number of benzene rings is 1. The molecule has 0 aliphatic carbocycles. The van der Waals surface area contributed by atoms with Crippen molar-refractivity contribution in [3.63, 3.8) is 0 Å². The summed E-state index contributed by atoms with van der Waals surface area (Å²) in [5.41, 5.74) is 6.25. The Morgan fingerprint density at radius 2 is 2.15 bits per heavy atom. The van der Waals surface area contributed by atoms with Crippen LogP contribution in [0.25, 0.3) is 0 Å². The molecule has 20 heavy (non-hydrogen) atoms. The third-order valence-corrected chi connectivity index (χ3v) is 4.08. The van der Waals surface area contributed by atoms with Crippen molar-refractivity contribution in [3.05, 3.63) is 27.7 Å². The Labute approximate surface area is 134 Å². The van der Waals surface area contributed by atoms with Gasteiger partial charge in [-0.05, 0) is 43.5 Å². The smallest absolute Gasteiger partial charge is 0.224 e. The van der Waals surface area contributed by atoms with Crippen LogP contribution in [0.15, 0.2) is 22.7 Å². The summed E-state index contributed by atoms with van der Waals surface area (Å²) in [6.45, 7) is 2.84. The molecular formula is C15H22BrClN2O. The summed E-state index contributed by atoms with van der Waals surface area (Å²) in [7, 11) is 0. The third-order valence-electron chi connectivity index (χ3n) is 3.25. The van der Waals surface area contributed by atoms with Crippen molar-refractivity contribution in [2.75, 3.05) is 11.9 Å². The molecule has 0 aromatic heterocycles. The first-order chi connectivity index (χ1) is 9.56. The van der Waals surface area contributed by atoms with Gasteiger partial charge in [0.05, 0.1) is 10.7 Å². The van der Waals surface area contributed by atoms with Crippen LogP contribution in [0.4, 0.5) is 5.69 Å². The fraction of sp³-hybridized carbons (Fsp3) is 0.533. The minimum atomic E-state index is 0.00289. The van der Waals surface area contributed by atoms with E-state index in [4.69, 9.17) is 17.3 Å². The second kappa shape index (κ2) is 9.37. The molecule has 1 aromatic rings.